The van der Waals surface area contributed by atoms with Crippen LogP contribution in [0.15, 0.2) is 24.3 Å². The minimum absolute atomic E-state index is 0.656. The Hall–Kier alpha value is -0.820. The maximum absolute atomic E-state index is 3.37. The maximum Gasteiger partial charge on any atom is 0.00646 e. The highest BCUT2D eigenvalue weighted by atomic mass is 14.9. The Morgan fingerprint density at radius 1 is 1.18 bits per heavy atom. The van der Waals surface area contributed by atoms with E-state index >= 15 is 0 Å². The van der Waals surface area contributed by atoms with Crippen LogP contribution in [0.1, 0.15) is 44.7 Å². The predicted octanol–water partition coefficient (Wildman–Crippen LogP) is 3.82. The molecule has 1 unspecified atom stereocenters. The largest absolute Gasteiger partial charge is 0.317 e. The van der Waals surface area contributed by atoms with E-state index in [-0.39, 0.29) is 0 Å². The quantitative estimate of drug-likeness (QED) is 0.755. The highest BCUT2D eigenvalue weighted by Gasteiger charge is 2.04. The zero-order valence-electron chi connectivity index (χ0n) is 11.8. The van der Waals surface area contributed by atoms with Crippen molar-refractivity contribution in [3.8, 4) is 0 Å². The molecule has 0 aliphatic carbocycles. The van der Waals surface area contributed by atoms with Gasteiger partial charge in [-0.3, -0.25) is 0 Å². The summed E-state index contributed by atoms with van der Waals surface area (Å²) in [5.74, 6) is 0.742. The van der Waals surface area contributed by atoms with Gasteiger partial charge in [-0.25, -0.2) is 0 Å². The molecule has 0 saturated heterocycles. The fourth-order valence-electron chi connectivity index (χ4n) is 2.28. The van der Waals surface area contributed by atoms with Gasteiger partial charge < -0.3 is 5.32 Å². The molecule has 1 heteroatoms. The first-order valence-electron chi connectivity index (χ1n) is 6.90. The van der Waals surface area contributed by atoms with Gasteiger partial charge in [0.15, 0.2) is 0 Å². The van der Waals surface area contributed by atoms with Crippen LogP contribution < -0.4 is 5.32 Å². The van der Waals surface area contributed by atoms with Crippen LogP contribution >= 0.6 is 0 Å². The van der Waals surface area contributed by atoms with E-state index in [0.29, 0.717) is 6.04 Å². The second-order valence-corrected chi connectivity index (χ2v) is 5.35. The van der Waals surface area contributed by atoms with Crippen molar-refractivity contribution in [2.45, 2.75) is 52.5 Å². The molecular formula is C16H27N. The molecule has 0 fully saturated rings. The average molecular weight is 233 g/mol. The Morgan fingerprint density at radius 2 is 1.88 bits per heavy atom. The number of nitrogens with one attached hydrogen (secondary N) is 1. The first-order chi connectivity index (χ1) is 8.15. The third kappa shape index (κ3) is 5.36. The molecule has 0 aromatic heterocycles. The van der Waals surface area contributed by atoms with Gasteiger partial charge in [-0.2, -0.15) is 0 Å². The van der Waals surface area contributed by atoms with E-state index in [0.717, 1.165) is 5.92 Å². The fourth-order valence-corrected chi connectivity index (χ4v) is 2.28. The molecule has 1 nitrogen and oxygen atoms in total. The maximum atomic E-state index is 3.37. The minimum atomic E-state index is 0.656. The number of hydrogen-bond acceptors (Lipinski definition) is 1. The van der Waals surface area contributed by atoms with Crippen molar-refractivity contribution in [2.24, 2.45) is 5.92 Å². The Labute approximate surface area is 107 Å². The van der Waals surface area contributed by atoms with Gasteiger partial charge in [0.25, 0.3) is 0 Å². The summed E-state index contributed by atoms with van der Waals surface area (Å²) in [5.41, 5.74) is 2.96. The van der Waals surface area contributed by atoms with Gasteiger partial charge in [0.2, 0.25) is 0 Å². The summed E-state index contributed by atoms with van der Waals surface area (Å²) >= 11 is 0. The van der Waals surface area contributed by atoms with Gasteiger partial charge in [-0.1, -0.05) is 45.0 Å². The van der Waals surface area contributed by atoms with Gasteiger partial charge in [0, 0.05) is 6.04 Å². The monoisotopic (exact) mass is 233 g/mol. The Morgan fingerprint density at radius 3 is 2.47 bits per heavy atom. The lowest BCUT2D eigenvalue weighted by Crippen LogP contribution is -2.24. The summed E-state index contributed by atoms with van der Waals surface area (Å²) in [6.07, 6.45) is 4.82. The topological polar surface area (TPSA) is 12.0 Å². The molecule has 0 bridgehead atoms. The van der Waals surface area contributed by atoms with Crippen molar-refractivity contribution in [1.29, 1.82) is 0 Å². The summed E-state index contributed by atoms with van der Waals surface area (Å²) in [6, 6.07) is 9.74. The molecule has 96 valence electrons. The summed E-state index contributed by atoms with van der Waals surface area (Å²) in [4.78, 5) is 0. The lowest BCUT2D eigenvalue weighted by atomic mass is 9.98. The number of rotatable bonds is 7. The van der Waals surface area contributed by atoms with E-state index in [1.54, 1.807) is 0 Å². The van der Waals surface area contributed by atoms with Gasteiger partial charge >= 0.3 is 0 Å². The first-order valence-corrected chi connectivity index (χ1v) is 6.90. The standard InChI is InChI=1S/C16H27N/c1-5-16(17-4)10-9-14-7-6-8-15(12-14)11-13(2)3/h6-8,12-13,16-17H,5,9-11H2,1-4H3. The lowest BCUT2D eigenvalue weighted by molar-refractivity contribution is 0.508. The smallest absolute Gasteiger partial charge is 0.00646 e. The van der Waals surface area contributed by atoms with Gasteiger partial charge in [-0.05, 0) is 49.8 Å². The average Bonchev–Trinajstić information content (AvgIpc) is 2.30. The van der Waals surface area contributed by atoms with Gasteiger partial charge in [0.1, 0.15) is 0 Å². The van der Waals surface area contributed by atoms with Crippen molar-refractivity contribution in [3.63, 3.8) is 0 Å². The summed E-state index contributed by atoms with van der Waals surface area (Å²) in [5, 5.41) is 3.37. The number of hydrogen-bond donors (Lipinski definition) is 1. The molecule has 0 spiro atoms. The summed E-state index contributed by atoms with van der Waals surface area (Å²) in [7, 11) is 2.06. The molecule has 0 radical (unpaired) electrons. The van der Waals surface area contributed by atoms with Crippen molar-refractivity contribution in [3.05, 3.63) is 35.4 Å². The van der Waals surface area contributed by atoms with Crippen molar-refractivity contribution in [2.75, 3.05) is 7.05 Å². The Balaban J connectivity index is 2.53. The van der Waals surface area contributed by atoms with E-state index in [1.165, 1.54) is 36.8 Å². The minimum Gasteiger partial charge on any atom is -0.317 e. The van der Waals surface area contributed by atoms with Crippen LogP contribution in [-0.4, -0.2) is 13.1 Å². The van der Waals surface area contributed by atoms with Crippen LogP contribution in [0.4, 0.5) is 0 Å². The van der Waals surface area contributed by atoms with Crippen molar-refractivity contribution in [1.82, 2.24) is 5.32 Å². The first kappa shape index (κ1) is 14.2. The Kier molecular flexibility index (Phi) is 6.28. The molecule has 0 heterocycles. The van der Waals surface area contributed by atoms with Crippen molar-refractivity contribution >= 4 is 0 Å². The van der Waals surface area contributed by atoms with Crippen molar-refractivity contribution < 1.29 is 0 Å². The van der Waals surface area contributed by atoms with Gasteiger partial charge in [-0.15, -0.1) is 0 Å². The van der Waals surface area contributed by atoms with Crippen LogP contribution in [0.2, 0.25) is 0 Å². The molecule has 1 rings (SSSR count). The molecular weight excluding hydrogens is 206 g/mol. The molecule has 0 aliphatic heterocycles. The molecule has 1 N–H and O–H groups in total. The molecule has 0 amide bonds. The van der Waals surface area contributed by atoms with Crippen LogP contribution in [0.5, 0.6) is 0 Å². The second kappa shape index (κ2) is 7.50. The van der Waals surface area contributed by atoms with E-state index in [9.17, 15) is 0 Å². The molecule has 0 saturated carbocycles. The highest BCUT2D eigenvalue weighted by molar-refractivity contribution is 5.24. The van der Waals surface area contributed by atoms with Crippen LogP contribution in [0.3, 0.4) is 0 Å². The molecule has 1 aromatic rings. The zero-order chi connectivity index (χ0) is 12.7. The number of benzene rings is 1. The lowest BCUT2D eigenvalue weighted by Gasteiger charge is -2.14. The molecule has 1 aromatic carbocycles. The van der Waals surface area contributed by atoms with E-state index in [4.69, 9.17) is 0 Å². The molecule has 1 atom stereocenters. The number of aryl methyl sites for hydroxylation is 1. The molecule has 0 aliphatic rings. The fraction of sp³-hybridized carbons (Fsp3) is 0.625. The SMILES string of the molecule is CCC(CCc1cccc(CC(C)C)c1)NC. The summed E-state index contributed by atoms with van der Waals surface area (Å²) in [6.45, 7) is 6.80. The predicted molar refractivity (Wildman–Crippen MR) is 76.4 cm³/mol. The Bertz CT molecular complexity index is 313. The van der Waals surface area contributed by atoms with Crippen LogP contribution in [0, 0.1) is 5.92 Å². The van der Waals surface area contributed by atoms with Crippen LogP contribution in [0.25, 0.3) is 0 Å². The highest BCUT2D eigenvalue weighted by Crippen LogP contribution is 2.13. The van der Waals surface area contributed by atoms with Gasteiger partial charge in [0.05, 0.1) is 0 Å². The zero-order valence-corrected chi connectivity index (χ0v) is 11.8. The molecule has 17 heavy (non-hydrogen) atoms. The normalized spacial score (nSPS) is 13.0. The third-order valence-electron chi connectivity index (χ3n) is 3.32. The van der Waals surface area contributed by atoms with E-state index < -0.39 is 0 Å². The second-order valence-electron chi connectivity index (χ2n) is 5.35. The van der Waals surface area contributed by atoms with E-state index in [2.05, 4.69) is 57.4 Å². The summed E-state index contributed by atoms with van der Waals surface area (Å²) < 4.78 is 0. The van der Waals surface area contributed by atoms with Crippen LogP contribution in [-0.2, 0) is 12.8 Å². The van der Waals surface area contributed by atoms with E-state index in [1.807, 2.05) is 0 Å². The third-order valence-corrected chi connectivity index (χ3v) is 3.32.